The minimum atomic E-state index is -1.44. The first-order valence-electron chi connectivity index (χ1n) is 6.38. The molecule has 0 bridgehead atoms. The van der Waals surface area contributed by atoms with E-state index >= 15 is 0 Å². The predicted octanol–water partition coefficient (Wildman–Crippen LogP) is 2.35. The molecular weight excluding hydrogens is 392 g/mol. The number of carbonyl (C=O) groups excluding carboxylic acids is 1. The number of hydrogen-bond donors (Lipinski definition) is 3. The topological polar surface area (TPSA) is 78.8 Å². The number of nitrogens with one attached hydrogen (secondary N) is 1. The van der Waals surface area contributed by atoms with Crippen LogP contribution in [0.25, 0.3) is 0 Å². The van der Waals surface area contributed by atoms with Gasteiger partial charge in [-0.1, -0.05) is 6.07 Å². The number of aliphatic hydroxyl groups excluding tert-OH is 2. The number of aliphatic hydroxyl groups is 2. The lowest BCUT2D eigenvalue weighted by molar-refractivity contribution is 0.0109. The largest absolute Gasteiger partial charge is 0.444 e. The molecule has 0 aromatic heterocycles. The summed E-state index contributed by atoms with van der Waals surface area (Å²) < 4.78 is 19.2. The fourth-order valence-corrected chi connectivity index (χ4v) is 2.38. The standard InChI is InChI=1S/C14H19FINO4/c1-14(2,3)21-13(20)17-7-10(18)12(19)11-8(15)5-4-6-9(11)16/h4-6,10,12,18-19H,7H2,1-3H3,(H,17,20). The van der Waals surface area contributed by atoms with E-state index in [-0.39, 0.29) is 12.1 Å². The van der Waals surface area contributed by atoms with Gasteiger partial charge in [0.15, 0.2) is 0 Å². The van der Waals surface area contributed by atoms with Crippen LogP contribution in [-0.4, -0.2) is 34.6 Å². The molecule has 0 saturated carbocycles. The number of alkyl carbamates (subject to hydrolysis) is 1. The molecule has 5 nitrogen and oxygen atoms in total. The van der Waals surface area contributed by atoms with Crippen LogP contribution in [0.15, 0.2) is 18.2 Å². The molecule has 1 rings (SSSR count). The van der Waals surface area contributed by atoms with Gasteiger partial charge in [0.25, 0.3) is 0 Å². The summed E-state index contributed by atoms with van der Waals surface area (Å²) in [5.74, 6) is -0.606. The van der Waals surface area contributed by atoms with E-state index in [0.717, 1.165) is 0 Å². The van der Waals surface area contributed by atoms with Gasteiger partial charge in [-0.05, 0) is 55.5 Å². The van der Waals surface area contributed by atoms with Crippen molar-refractivity contribution in [2.24, 2.45) is 0 Å². The quantitative estimate of drug-likeness (QED) is 0.665. The van der Waals surface area contributed by atoms with Gasteiger partial charge in [0.05, 0.1) is 0 Å². The van der Waals surface area contributed by atoms with Crippen LogP contribution in [0, 0.1) is 9.39 Å². The Kier molecular flexibility index (Phi) is 6.36. The Morgan fingerprint density at radius 1 is 1.43 bits per heavy atom. The van der Waals surface area contributed by atoms with Crippen LogP contribution in [0.2, 0.25) is 0 Å². The van der Waals surface area contributed by atoms with E-state index in [1.54, 1.807) is 26.8 Å². The van der Waals surface area contributed by atoms with Gasteiger partial charge in [-0.15, -0.1) is 0 Å². The Labute approximate surface area is 136 Å². The number of benzene rings is 1. The number of hydrogen-bond acceptors (Lipinski definition) is 4. The van der Waals surface area contributed by atoms with E-state index < -0.39 is 29.7 Å². The monoisotopic (exact) mass is 411 g/mol. The van der Waals surface area contributed by atoms with Crippen molar-refractivity contribution in [2.45, 2.75) is 38.6 Å². The van der Waals surface area contributed by atoms with Crippen molar-refractivity contribution in [2.75, 3.05) is 6.54 Å². The summed E-state index contributed by atoms with van der Waals surface area (Å²) in [6.07, 6.45) is -3.49. The Bertz CT molecular complexity index is 484. The lowest BCUT2D eigenvalue weighted by atomic mass is 10.0. The van der Waals surface area contributed by atoms with Crippen LogP contribution < -0.4 is 5.32 Å². The molecule has 0 heterocycles. The van der Waals surface area contributed by atoms with Crippen molar-refractivity contribution >= 4 is 28.7 Å². The molecule has 7 heteroatoms. The molecule has 2 unspecified atom stereocenters. The minimum absolute atomic E-state index is 0.0107. The molecule has 0 aliphatic carbocycles. The highest BCUT2D eigenvalue weighted by Gasteiger charge is 2.25. The SMILES string of the molecule is CC(C)(C)OC(=O)NCC(O)C(O)c1c(F)cccc1I. The lowest BCUT2D eigenvalue weighted by Crippen LogP contribution is -2.39. The Morgan fingerprint density at radius 3 is 2.57 bits per heavy atom. The van der Waals surface area contributed by atoms with Crippen LogP contribution in [0.5, 0.6) is 0 Å². The van der Waals surface area contributed by atoms with Gasteiger partial charge in [0, 0.05) is 15.7 Å². The maximum atomic E-state index is 13.7. The molecule has 0 radical (unpaired) electrons. The van der Waals surface area contributed by atoms with E-state index in [1.807, 2.05) is 22.6 Å². The van der Waals surface area contributed by atoms with E-state index in [9.17, 15) is 19.4 Å². The van der Waals surface area contributed by atoms with Gasteiger partial charge in [0.2, 0.25) is 0 Å². The maximum absolute atomic E-state index is 13.7. The average molecular weight is 411 g/mol. The van der Waals surface area contributed by atoms with Gasteiger partial charge in [-0.25, -0.2) is 9.18 Å². The number of rotatable bonds is 4. The first kappa shape index (κ1) is 18.1. The third kappa shape index (κ3) is 5.76. The summed E-state index contributed by atoms with van der Waals surface area (Å²) in [6.45, 7) is 4.87. The fraction of sp³-hybridized carbons (Fsp3) is 0.500. The third-order valence-corrected chi connectivity index (χ3v) is 3.46. The van der Waals surface area contributed by atoms with Crippen LogP contribution in [0.1, 0.15) is 32.4 Å². The second-order valence-corrected chi connectivity index (χ2v) is 6.69. The van der Waals surface area contributed by atoms with Crippen LogP contribution >= 0.6 is 22.6 Å². The summed E-state index contributed by atoms with van der Waals surface area (Å²) >= 11 is 1.87. The summed E-state index contributed by atoms with van der Waals surface area (Å²) in [4.78, 5) is 11.5. The number of ether oxygens (including phenoxy) is 1. The smallest absolute Gasteiger partial charge is 0.407 e. The first-order valence-corrected chi connectivity index (χ1v) is 7.46. The summed E-state index contributed by atoms with van der Waals surface area (Å²) in [5, 5.41) is 22.2. The Balaban J connectivity index is 2.63. The molecule has 0 spiro atoms. The van der Waals surface area contributed by atoms with Crippen molar-refractivity contribution in [1.82, 2.24) is 5.32 Å². The first-order chi connectivity index (χ1) is 9.61. The number of halogens is 2. The molecule has 0 fully saturated rings. The number of carbonyl (C=O) groups is 1. The summed E-state index contributed by atoms with van der Waals surface area (Å²) in [6, 6.07) is 4.34. The highest BCUT2D eigenvalue weighted by atomic mass is 127. The number of amides is 1. The molecule has 0 aliphatic heterocycles. The second kappa shape index (κ2) is 7.37. The van der Waals surface area contributed by atoms with E-state index in [1.165, 1.54) is 12.1 Å². The van der Waals surface area contributed by atoms with Gasteiger partial charge >= 0.3 is 6.09 Å². The molecular formula is C14H19FINO4. The van der Waals surface area contributed by atoms with Gasteiger partial charge in [-0.2, -0.15) is 0 Å². The lowest BCUT2D eigenvalue weighted by Gasteiger charge is -2.22. The second-order valence-electron chi connectivity index (χ2n) is 5.53. The Hall–Kier alpha value is -0.930. The van der Waals surface area contributed by atoms with Crippen molar-refractivity contribution in [3.05, 3.63) is 33.1 Å². The predicted molar refractivity (Wildman–Crippen MR) is 84.3 cm³/mol. The summed E-state index contributed by atoms with van der Waals surface area (Å²) in [7, 11) is 0. The highest BCUT2D eigenvalue weighted by Crippen LogP contribution is 2.25. The maximum Gasteiger partial charge on any atom is 0.407 e. The van der Waals surface area contributed by atoms with E-state index in [4.69, 9.17) is 4.74 Å². The summed E-state index contributed by atoms with van der Waals surface area (Å²) in [5.41, 5.74) is -0.647. The fourth-order valence-electron chi connectivity index (χ4n) is 1.60. The van der Waals surface area contributed by atoms with Crippen LogP contribution in [0.3, 0.4) is 0 Å². The Morgan fingerprint density at radius 2 is 2.05 bits per heavy atom. The van der Waals surface area contributed by atoms with Crippen molar-refractivity contribution in [3.63, 3.8) is 0 Å². The molecule has 21 heavy (non-hydrogen) atoms. The zero-order chi connectivity index (χ0) is 16.2. The van der Waals surface area contributed by atoms with Crippen molar-refractivity contribution in [1.29, 1.82) is 0 Å². The minimum Gasteiger partial charge on any atom is -0.444 e. The van der Waals surface area contributed by atoms with Gasteiger partial charge < -0.3 is 20.3 Å². The third-order valence-electron chi connectivity index (χ3n) is 2.51. The molecule has 118 valence electrons. The van der Waals surface area contributed by atoms with Gasteiger partial charge in [0.1, 0.15) is 23.6 Å². The molecule has 1 aromatic carbocycles. The van der Waals surface area contributed by atoms with Crippen LogP contribution in [-0.2, 0) is 4.74 Å². The zero-order valence-electron chi connectivity index (χ0n) is 12.1. The molecule has 2 atom stereocenters. The molecule has 0 aliphatic rings. The normalized spacial score (nSPS) is 14.4. The van der Waals surface area contributed by atoms with Crippen LogP contribution in [0.4, 0.5) is 9.18 Å². The molecule has 1 amide bonds. The zero-order valence-corrected chi connectivity index (χ0v) is 14.2. The van der Waals surface area contributed by atoms with E-state index in [0.29, 0.717) is 3.57 Å². The molecule has 3 N–H and O–H groups in total. The van der Waals surface area contributed by atoms with Gasteiger partial charge in [-0.3, -0.25) is 0 Å². The van der Waals surface area contributed by atoms with Crippen molar-refractivity contribution in [3.8, 4) is 0 Å². The molecule has 1 aromatic rings. The highest BCUT2D eigenvalue weighted by molar-refractivity contribution is 14.1. The van der Waals surface area contributed by atoms with Crippen molar-refractivity contribution < 1.29 is 24.1 Å². The average Bonchev–Trinajstić information content (AvgIpc) is 2.33. The molecule has 0 saturated heterocycles. The van der Waals surface area contributed by atoms with E-state index in [2.05, 4.69) is 5.32 Å².